The largest absolute Gasteiger partial charge is 0.461 e. The molecule has 25 heavy (non-hydrogen) atoms. The summed E-state index contributed by atoms with van der Waals surface area (Å²) in [6.45, 7) is 1.83. The van der Waals surface area contributed by atoms with Gasteiger partial charge in [0, 0.05) is 16.2 Å². The van der Waals surface area contributed by atoms with E-state index >= 15 is 0 Å². The zero-order valence-corrected chi connectivity index (χ0v) is 14.8. The summed E-state index contributed by atoms with van der Waals surface area (Å²) in [7, 11) is 0. The van der Waals surface area contributed by atoms with Gasteiger partial charge in [-0.1, -0.05) is 15.9 Å². The highest BCUT2D eigenvalue weighted by molar-refractivity contribution is 9.10. The molecule has 1 aromatic carbocycles. The molecule has 2 aromatic heterocycles. The number of carbonyl (C=O) groups excluding carboxylic acids is 2. The fourth-order valence-electron chi connectivity index (χ4n) is 2.45. The molecule has 0 amide bonds. The molecule has 3 rings (SSSR count). The van der Waals surface area contributed by atoms with Gasteiger partial charge in [0.15, 0.2) is 11.3 Å². The number of rotatable bonds is 4. The smallest absolute Gasteiger partial charge is 0.359 e. The molecule has 0 aliphatic rings. The Kier molecular flexibility index (Phi) is 4.63. The normalized spacial score (nSPS) is 10.4. The summed E-state index contributed by atoms with van der Waals surface area (Å²) in [6.07, 6.45) is 1.60. The van der Waals surface area contributed by atoms with Crippen molar-refractivity contribution in [3.8, 4) is 6.07 Å². The van der Waals surface area contributed by atoms with Gasteiger partial charge in [0.25, 0.3) is 0 Å². The lowest BCUT2D eigenvalue weighted by Gasteiger charge is -2.05. The van der Waals surface area contributed by atoms with Crippen molar-refractivity contribution in [1.29, 1.82) is 5.26 Å². The van der Waals surface area contributed by atoms with Gasteiger partial charge in [-0.3, -0.25) is 9.20 Å². The SMILES string of the molecule is CCOC(=O)c1nc2c(C#N)cccn2c1C(=O)c1ccc(Br)cc1. The van der Waals surface area contributed by atoms with Gasteiger partial charge >= 0.3 is 5.97 Å². The predicted octanol–water partition coefficient (Wildman–Crippen LogP) is 3.38. The van der Waals surface area contributed by atoms with E-state index < -0.39 is 5.97 Å². The van der Waals surface area contributed by atoms with Crippen molar-refractivity contribution in [3.05, 3.63) is 69.6 Å². The Morgan fingerprint density at radius 3 is 2.64 bits per heavy atom. The van der Waals surface area contributed by atoms with Crippen molar-refractivity contribution in [2.45, 2.75) is 6.92 Å². The second-order valence-electron chi connectivity index (χ2n) is 5.09. The molecule has 0 radical (unpaired) electrons. The van der Waals surface area contributed by atoms with E-state index in [1.54, 1.807) is 49.5 Å². The molecule has 0 aliphatic heterocycles. The van der Waals surface area contributed by atoms with Crippen molar-refractivity contribution < 1.29 is 14.3 Å². The third kappa shape index (κ3) is 3.04. The zero-order chi connectivity index (χ0) is 18.0. The lowest BCUT2D eigenvalue weighted by molar-refractivity contribution is 0.0517. The van der Waals surface area contributed by atoms with Gasteiger partial charge in [0.1, 0.15) is 11.8 Å². The quantitative estimate of drug-likeness (QED) is 0.497. The summed E-state index contributed by atoms with van der Waals surface area (Å²) in [5.41, 5.74) is 0.889. The van der Waals surface area contributed by atoms with E-state index in [1.807, 2.05) is 6.07 Å². The Balaban J connectivity index is 2.25. The van der Waals surface area contributed by atoms with Crippen LogP contribution in [0.2, 0.25) is 0 Å². The third-order valence-corrected chi connectivity index (χ3v) is 4.09. The van der Waals surface area contributed by atoms with Crippen LogP contribution in [0.15, 0.2) is 47.1 Å². The molecule has 0 saturated carbocycles. The van der Waals surface area contributed by atoms with Gasteiger partial charge in [0.05, 0.1) is 12.2 Å². The maximum atomic E-state index is 13.0. The molecule has 2 heterocycles. The minimum atomic E-state index is -0.699. The highest BCUT2D eigenvalue weighted by Crippen LogP contribution is 2.21. The highest BCUT2D eigenvalue weighted by Gasteiger charge is 2.27. The zero-order valence-electron chi connectivity index (χ0n) is 13.2. The molecular weight excluding hydrogens is 386 g/mol. The number of fused-ring (bicyclic) bond motifs is 1. The number of ketones is 1. The number of imidazole rings is 1. The molecule has 0 fully saturated rings. The van der Waals surface area contributed by atoms with Crippen molar-refractivity contribution in [1.82, 2.24) is 9.38 Å². The molecule has 0 spiro atoms. The summed E-state index contributed by atoms with van der Waals surface area (Å²) in [4.78, 5) is 29.5. The summed E-state index contributed by atoms with van der Waals surface area (Å²) in [5.74, 6) is -1.08. The fourth-order valence-corrected chi connectivity index (χ4v) is 2.72. The van der Waals surface area contributed by atoms with Crippen LogP contribution in [-0.4, -0.2) is 27.7 Å². The molecule has 0 N–H and O–H groups in total. The molecule has 0 aliphatic carbocycles. The van der Waals surface area contributed by atoms with E-state index in [-0.39, 0.29) is 35.0 Å². The number of aromatic nitrogens is 2. The average molecular weight is 398 g/mol. The first-order chi connectivity index (χ1) is 12.1. The van der Waals surface area contributed by atoms with Crippen LogP contribution in [-0.2, 0) is 4.74 Å². The first-order valence-electron chi connectivity index (χ1n) is 7.45. The molecule has 124 valence electrons. The van der Waals surface area contributed by atoms with Crippen LogP contribution < -0.4 is 0 Å². The lowest BCUT2D eigenvalue weighted by Crippen LogP contribution is -2.14. The van der Waals surface area contributed by atoms with E-state index in [2.05, 4.69) is 20.9 Å². The standard InChI is InChI=1S/C18H12BrN3O3/c1-2-25-18(24)14-15(16(23)11-5-7-13(19)8-6-11)22-9-3-4-12(10-20)17(22)21-14/h3-9H,2H2,1H3. The Morgan fingerprint density at radius 2 is 2.00 bits per heavy atom. The van der Waals surface area contributed by atoms with E-state index in [1.165, 1.54) is 4.40 Å². The van der Waals surface area contributed by atoms with Crippen LogP contribution in [0.3, 0.4) is 0 Å². The van der Waals surface area contributed by atoms with E-state index in [9.17, 15) is 14.9 Å². The maximum Gasteiger partial charge on any atom is 0.359 e. The second kappa shape index (κ2) is 6.87. The minimum absolute atomic E-state index is 0.0767. The first-order valence-corrected chi connectivity index (χ1v) is 8.24. The maximum absolute atomic E-state index is 13.0. The van der Waals surface area contributed by atoms with Crippen LogP contribution in [0.1, 0.15) is 39.0 Å². The summed E-state index contributed by atoms with van der Waals surface area (Å²) in [5, 5.41) is 9.25. The van der Waals surface area contributed by atoms with Gasteiger partial charge in [0.2, 0.25) is 5.78 Å². The summed E-state index contributed by atoms with van der Waals surface area (Å²) < 4.78 is 7.31. The molecular formula is C18H12BrN3O3. The molecule has 0 unspecified atom stereocenters. The molecule has 6 nitrogen and oxygen atoms in total. The molecule has 3 aromatic rings. The Hall–Kier alpha value is -2.98. The number of hydrogen-bond acceptors (Lipinski definition) is 5. The number of pyridine rings is 1. The topological polar surface area (TPSA) is 84.5 Å². The Bertz CT molecular complexity index is 1020. The molecule has 0 bridgehead atoms. The predicted molar refractivity (Wildman–Crippen MR) is 93.4 cm³/mol. The third-order valence-electron chi connectivity index (χ3n) is 3.56. The van der Waals surface area contributed by atoms with Crippen LogP contribution in [0.4, 0.5) is 0 Å². The van der Waals surface area contributed by atoms with Gasteiger partial charge in [-0.25, -0.2) is 9.78 Å². The number of benzene rings is 1. The van der Waals surface area contributed by atoms with Gasteiger partial charge < -0.3 is 4.74 Å². The number of carbonyl (C=O) groups is 2. The molecule has 0 saturated heterocycles. The Morgan fingerprint density at radius 1 is 1.28 bits per heavy atom. The van der Waals surface area contributed by atoms with E-state index in [0.717, 1.165) is 4.47 Å². The van der Waals surface area contributed by atoms with E-state index in [4.69, 9.17) is 4.74 Å². The second-order valence-corrected chi connectivity index (χ2v) is 6.01. The van der Waals surface area contributed by atoms with E-state index in [0.29, 0.717) is 5.56 Å². The van der Waals surface area contributed by atoms with Crippen LogP contribution in [0, 0.1) is 11.3 Å². The van der Waals surface area contributed by atoms with Crippen LogP contribution in [0.5, 0.6) is 0 Å². The number of ether oxygens (including phenoxy) is 1. The Labute approximate surface area is 151 Å². The van der Waals surface area contributed by atoms with Crippen molar-refractivity contribution in [2.24, 2.45) is 0 Å². The monoisotopic (exact) mass is 397 g/mol. The van der Waals surface area contributed by atoms with Crippen molar-refractivity contribution >= 4 is 33.3 Å². The number of halogens is 1. The lowest BCUT2D eigenvalue weighted by atomic mass is 10.1. The molecule has 7 heteroatoms. The first kappa shape index (κ1) is 16.9. The van der Waals surface area contributed by atoms with Gasteiger partial charge in [-0.05, 0) is 43.3 Å². The number of nitriles is 1. The van der Waals surface area contributed by atoms with Crippen LogP contribution in [0.25, 0.3) is 5.65 Å². The van der Waals surface area contributed by atoms with Crippen LogP contribution >= 0.6 is 15.9 Å². The average Bonchev–Trinajstić information content (AvgIpc) is 3.01. The summed E-state index contributed by atoms with van der Waals surface area (Å²) >= 11 is 3.32. The van der Waals surface area contributed by atoms with Crippen molar-refractivity contribution in [2.75, 3.05) is 6.61 Å². The minimum Gasteiger partial charge on any atom is -0.461 e. The highest BCUT2D eigenvalue weighted by atomic mass is 79.9. The number of esters is 1. The van der Waals surface area contributed by atoms with Crippen molar-refractivity contribution in [3.63, 3.8) is 0 Å². The van der Waals surface area contributed by atoms with Gasteiger partial charge in [-0.2, -0.15) is 5.26 Å². The number of nitrogens with zero attached hydrogens (tertiary/aromatic N) is 3. The summed E-state index contributed by atoms with van der Waals surface area (Å²) in [6, 6.07) is 12.0. The number of hydrogen-bond donors (Lipinski definition) is 0. The molecule has 0 atom stereocenters. The van der Waals surface area contributed by atoms with Gasteiger partial charge in [-0.15, -0.1) is 0 Å². The fraction of sp³-hybridized carbons (Fsp3) is 0.111.